The molecule has 0 aromatic rings. The van der Waals surface area contributed by atoms with Gasteiger partial charge in [-0.15, -0.1) is 0 Å². The van der Waals surface area contributed by atoms with Gasteiger partial charge in [0, 0.05) is 6.04 Å². The van der Waals surface area contributed by atoms with Crippen molar-refractivity contribution in [3.05, 3.63) is 0 Å². The van der Waals surface area contributed by atoms with Crippen molar-refractivity contribution in [2.75, 3.05) is 13.2 Å². The monoisotopic (exact) mass is 213 g/mol. The summed E-state index contributed by atoms with van der Waals surface area (Å²) in [5, 5.41) is 0. The number of nitrogens with zero attached hydrogens (tertiary/aromatic N) is 1. The summed E-state index contributed by atoms with van der Waals surface area (Å²) in [6.45, 7) is 7.72. The Labute approximate surface area is 92.8 Å². The molecule has 1 rings (SSSR count). The van der Waals surface area contributed by atoms with Crippen LogP contribution in [0.4, 0.5) is 0 Å². The molecule has 0 aliphatic carbocycles. The van der Waals surface area contributed by atoms with Crippen LogP contribution in [0.2, 0.25) is 0 Å². The standard InChI is InChI=1S/C12H23NO2/c1-4-7-11(12(14)15-5-2)13-9-6-8-10(13)3/h10-11H,4-9H2,1-3H3. The molecule has 2 atom stereocenters. The fraction of sp³-hybridized carbons (Fsp3) is 0.917. The predicted molar refractivity (Wildman–Crippen MR) is 60.7 cm³/mol. The lowest BCUT2D eigenvalue weighted by atomic mass is 10.1. The third kappa shape index (κ3) is 3.20. The zero-order valence-electron chi connectivity index (χ0n) is 10.2. The zero-order valence-corrected chi connectivity index (χ0v) is 10.2. The van der Waals surface area contributed by atoms with E-state index in [4.69, 9.17) is 4.74 Å². The van der Waals surface area contributed by atoms with Crippen LogP contribution in [0.5, 0.6) is 0 Å². The minimum absolute atomic E-state index is 0.00699. The Morgan fingerprint density at radius 1 is 1.53 bits per heavy atom. The van der Waals surface area contributed by atoms with Gasteiger partial charge in [0.1, 0.15) is 6.04 Å². The van der Waals surface area contributed by atoms with Gasteiger partial charge in [-0.2, -0.15) is 0 Å². The normalized spacial score (nSPS) is 24.1. The van der Waals surface area contributed by atoms with Crippen LogP contribution in [0.3, 0.4) is 0 Å². The summed E-state index contributed by atoms with van der Waals surface area (Å²) in [4.78, 5) is 14.1. The maximum absolute atomic E-state index is 11.8. The van der Waals surface area contributed by atoms with Crippen LogP contribution in [0.1, 0.15) is 46.5 Å². The molecule has 3 nitrogen and oxygen atoms in total. The van der Waals surface area contributed by atoms with Gasteiger partial charge >= 0.3 is 5.97 Å². The van der Waals surface area contributed by atoms with Gasteiger partial charge in [0.25, 0.3) is 0 Å². The molecular formula is C12H23NO2. The van der Waals surface area contributed by atoms with Crippen LogP contribution in [0.25, 0.3) is 0 Å². The van der Waals surface area contributed by atoms with E-state index >= 15 is 0 Å². The van der Waals surface area contributed by atoms with Crippen LogP contribution in [-0.2, 0) is 9.53 Å². The molecule has 0 bridgehead atoms. The Bertz CT molecular complexity index is 206. The summed E-state index contributed by atoms with van der Waals surface area (Å²) in [7, 11) is 0. The number of hydrogen-bond acceptors (Lipinski definition) is 3. The Morgan fingerprint density at radius 3 is 2.73 bits per heavy atom. The molecule has 1 fully saturated rings. The first kappa shape index (κ1) is 12.5. The van der Waals surface area contributed by atoms with E-state index < -0.39 is 0 Å². The Hall–Kier alpha value is -0.570. The van der Waals surface area contributed by atoms with Gasteiger partial charge in [-0.25, -0.2) is 0 Å². The van der Waals surface area contributed by atoms with E-state index in [0.29, 0.717) is 12.6 Å². The van der Waals surface area contributed by atoms with Crippen molar-refractivity contribution in [2.24, 2.45) is 0 Å². The highest BCUT2D eigenvalue weighted by atomic mass is 16.5. The van der Waals surface area contributed by atoms with E-state index in [1.54, 1.807) is 0 Å². The second kappa shape index (κ2) is 6.11. The first-order valence-electron chi connectivity index (χ1n) is 6.13. The highest BCUT2D eigenvalue weighted by Gasteiger charge is 2.32. The number of rotatable bonds is 5. The molecule has 1 aliphatic heterocycles. The Balaban J connectivity index is 2.59. The van der Waals surface area contributed by atoms with Crippen molar-refractivity contribution in [3.8, 4) is 0 Å². The average Bonchev–Trinajstić information content (AvgIpc) is 2.61. The fourth-order valence-electron chi connectivity index (χ4n) is 2.35. The number of esters is 1. The van der Waals surface area contributed by atoms with Crippen molar-refractivity contribution in [3.63, 3.8) is 0 Å². The van der Waals surface area contributed by atoms with E-state index in [0.717, 1.165) is 19.4 Å². The molecule has 3 heteroatoms. The smallest absolute Gasteiger partial charge is 0.323 e. The molecule has 1 saturated heterocycles. The van der Waals surface area contributed by atoms with Gasteiger partial charge in [-0.05, 0) is 39.7 Å². The molecule has 88 valence electrons. The zero-order chi connectivity index (χ0) is 11.3. The molecule has 0 spiro atoms. The topological polar surface area (TPSA) is 29.5 Å². The summed E-state index contributed by atoms with van der Waals surface area (Å²) >= 11 is 0. The van der Waals surface area contributed by atoms with Crippen LogP contribution in [0, 0.1) is 0 Å². The summed E-state index contributed by atoms with van der Waals surface area (Å²) in [5.41, 5.74) is 0. The molecule has 2 unspecified atom stereocenters. The second-order valence-corrected chi connectivity index (χ2v) is 4.29. The fourth-order valence-corrected chi connectivity index (χ4v) is 2.35. The maximum Gasteiger partial charge on any atom is 0.323 e. The summed E-state index contributed by atoms with van der Waals surface area (Å²) in [6.07, 6.45) is 4.37. The van der Waals surface area contributed by atoms with Gasteiger partial charge in [0.2, 0.25) is 0 Å². The van der Waals surface area contributed by atoms with Crippen LogP contribution in [0.15, 0.2) is 0 Å². The number of carbonyl (C=O) groups is 1. The Morgan fingerprint density at radius 2 is 2.27 bits per heavy atom. The van der Waals surface area contributed by atoms with Gasteiger partial charge in [-0.3, -0.25) is 9.69 Å². The molecule has 0 amide bonds. The largest absolute Gasteiger partial charge is 0.465 e. The molecule has 1 heterocycles. The van der Waals surface area contributed by atoms with Crippen molar-refractivity contribution in [2.45, 2.75) is 58.5 Å². The van der Waals surface area contributed by atoms with Crippen molar-refractivity contribution in [1.82, 2.24) is 4.90 Å². The van der Waals surface area contributed by atoms with Crippen LogP contribution in [-0.4, -0.2) is 36.1 Å². The predicted octanol–water partition coefficient (Wildman–Crippen LogP) is 2.20. The van der Waals surface area contributed by atoms with Gasteiger partial charge in [0.15, 0.2) is 0 Å². The SMILES string of the molecule is CCCC(C(=O)OCC)N1CCCC1C. The number of carbonyl (C=O) groups excluding carboxylic acids is 1. The number of ether oxygens (including phenoxy) is 1. The molecule has 0 saturated carbocycles. The van der Waals surface area contributed by atoms with Crippen LogP contribution >= 0.6 is 0 Å². The van der Waals surface area contributed by atoms with Crippen molar-refractivity contribution in [1.29, 1.82) is 0 Å². The molecule has 0 aromatic heterocycles. The number of hydrogen-bond donors (Lipinski definition) is 0. The van der Waals surface area contributed by atoms with E-state index in [2.05, 4.69) is 18.7 Å². The van der Waals surface area contributed by atoms with Gasteiger partial charge in [-0.1, -0.05) is 13.3 Å². The third-order valence-electron chi connectivity index (χ3n) is 3.13. The lowest BCUT2D eigenvalue weighted by molar-refractivity contribution is -0.150. The average molecular weight is 213 g/mol. The van der Waals surface area contributed by atoms with Crippen LogP contribution < -0.4 is 0 Å². The summed E-state index contributed by atoms with van der Waals surface area (Å²) in [5.74, 6) is -0.0342. The van der Waals surface area contributed by atoms with Crippen molar-refractivity contribution >= 4 is 5.97 Å². The van der Waals surface area contributed by atoms with Gasteiger partial charge < -0.3 is 4.74 Å². The molecule has 0 N–H and O–H groups in total. The van der Waals surface area contributed by atoms with E-state index in [1.807, 2.05) is 6.92 Å². The summed E-state index contributed by atoms with van der Waals surface area (Å²) in [6, 6.07) is 0.526. The highest BCUT2D eigenvalue weighted by Crippen LogP contribution is 2.22. The first-order valence-corrected chi connectivity index (χ1v) is 6.13. The quantitative estimate of drug-likeness (QED) is 0.656. The van der Waals surface area contributed by atoms with E-state index in [9.17, 15) is 4.79 Å². The van der Waals surface area contributed by atoms with E-state index in [1.165, 1.54) is 12.8 Å². The molecule has 0 radical (unpaired) electrons. The highest BCUT2D eigenvalue weighted by molar-refractivity contribution is 5.75. The summed E-state index contributed by atoms with van der Waals surface area (Å²) < 4.78 is 5.14. The second-order valence-electron chi connectivity index (χ2n) is 4.29. The molecule has 1 aliphatic rings. The lowest BCUT2D eigenvalue weighted by Crippen LogP contribution is -2.43. The van der Waals surface area contributed by atoms with E-state index in [-0.39, 0.29) is 12.0 Å². The van der Waals surface area contributed by atoms with Gasteiger partial charge in [0.05, 0.1) is 6.61 Å². The Kier molecular flexibility index (Phi) is 5.09. The minimum Gasteiger partial charge on any atom is -0.465 e. The first-order chi connectivity index (χ1) is 7.20. The third-order valence-corrected chi connectivity index (χ3v) is 3.13. The molecule has 15 heavy (non-hydrogen) atoms. The lowest BCUT2D eigenvalue weighted by Gasteiger charge is -2.29. The number of likely N-dealkylation sites (tertiary alicyclic amines) is 1. The molecular weight excluding hydrogens is 190 g/mol. The minimum atomic E-state index is -0.0342. The maximum atomic E-state index is 11.8. The molecule has 0 aromatic carbocycles. The van der Waals surface area contributed by atoms with Crippen molar-refractivity contribution < 1.29 is 9.53 Å².